The highest BCUT2D eigenvalue weighted by atomic mass is 31.1. The van der Waals surface area contributed by atoms with Gasteiger partial charge in [0, 0.05) is 17.1 Å². The molecular weight excluding hydrogens is 329 g/mol. The lowest BCUT2D eigenvalue weighted by molar-refractivity contribution is 0.375. The molecule has 1 N–H and O–H groups in total. The van der Waals surface area contributed by atoms with Crippen LogP contribution in [0.2, 0.25) is 0 Å². The van der Waals surface area contributed by atoms with Crippen LogP contribution in [0, 0.1) is 6.92 Å². The Morgan fingerprint density at radius 2 is 1.72 bits per heavy atom. The van der Waals surface area contributed by atoms with Gasteiger partial charge in [0.25, 0.3) is 0 Å². The Morgan fingerprint density at radius 1 is 0.960 bits per heavy atom. The van der Waals surface area contributed by atoms with Gasteiger partial charge in [-0.05, 0) is 36.0 Å². The maximum atomic E-state index is 10.4. The van der Waals surface area contributed by atoms with Crippen LogP contribution in [0.3, 0.4) is 0 Å². The number of aryl methyl sites for hydroxylation is 1. The molecule has 1 atom stereocenters. The first-order valence-electron chi connectivity index (χ1n) is 8.01. The van der Waals surface area contributed by atoms with E-state index in [2.05, 4.69) is 24.0 Å². The van der Waals surface area contributed by atoms with Crippen LogP contribution in [0.4, 0.5) is 5.69 Å². The van der Waals surface area contributed by atoms with E-state index in [1.165, 1.54) is 10.9 Å². The van der Waals surface area contributed by atoms with Crippen LogP contribution in [0.25, 0.3) is 0 Å². The molecule has 0 amide bonds. The summed E-state index contributed by atoms with van der Waals surface area (Å²) < 4.78 is 5.22. The van der Waals surface area contributed by atoms with Crippen molar-refractivity contribution in [2.75, 3.05) is 7.11 Å². The zero-order valence-corrected chi connectivity index (χ0v) is 15.2. The molecule has 0 heterocycles. The summed E-state index contributed by atoms with van der Waals surface area (Å²) in [5, 5.41) is 12.4. The number of ether oxygens (including phenoxy) is 1. The van der Waals surface area contributed by atoms with Crippen molar-refractivity contribution in [3.63, 3.8) is 0 Å². The number of phenols is 1. The first-order chi connectivity index (χ1) is 12.2. The standard InChI is InChI=1S/C21H20NO2P/c1-15-8-6-9-16(14-22-17-10-4-3-5-11-17)21(15)25-19-13-7-12-18(24-2)20(19)23/h3-14,23,25H,1-2H3/b22-14+. The first-order valence-corrected chi connectivity index (χ1v) is 9.01. The third-order valence-corrected chi connectivity index (χ3v) is 5.50. The average molecular weight is 349 g/mol. The van der Waals surface area contributed by atoms with Crippen LogP contribution in [0.1, 0.15) is 11.1 Å². The molecule has 25 heavy (non-hydrogen) atoms. The van der Waals surface area contributed by atoms with Crippen molar-refractivity contribution in [3.8, 4) is 11.5 Å². The quantitative estimate of drug-likeness (QED) is 0.557. The number of para-hydroxylation sites is 2. The lowest BCUT2D eigenvalue weighted by atomic mass is 10.1. The Hall–Kier alpha value is -2.64. The normalized spacial score (nSPS) is 11.4. The van der Waals surface area contributed by atoms with Crippen LogP contribution in [0.15, 0.2) is 71.7 Å². The van der Waals surface area contributed by atoms with Crippen molar-refractivity contribution in [3.05, 3.63) is 77.9 Å². The first kappa shape index (κ1) is 17.2. The number of methoxy groups -OCH3 is 1. The third-order valence-electron chi connectivity index (χ3n) is 3.89. The summed E-state index contributed by atoms with van der Waals surface area (Å²) in [6.45, 7) is 2.08. The summed E-state index contributed by atoms with van der Waals surface area (Å²) in [6, 6.07) is 21.6. The van der Waals surface area contributed by atoms with E-state index in [-0.39, 0.29) is 5.75 Å². The SMILES string of the molecule is COc1cccc(Pc2c(C)cccc2/C=N/c2ccccc2)c1O. The minimum absolute atomic E-state index is 0.206. The minimum atomic E-state index is 0.206. The fourth-order valence-electron chi connectivity index (χ4n) is 2.55. The molecule has 3 rings (SSSR count). The van der Waals surface area contributed by atoms with E-state index < -0.39 is 0 Å². The Morgan fingerprint density at radius 3 is 2.48 bits per heavy atom. The Bertz CT molecular complexity index is 892. The topological polar surface area (TPSA) is 41.8 Å². The number of phenolic OH excluding ortho intramolecular Hbond substituents is 1. The van der Waals surface area contributed by atoms with Gasteiger partial charge in [0.05, 0.1) is 12.8 Å². The van der Waals surface area contributed by atoms with Crippen LogP contribution < -0.4 is 15.3 Å². The molecule has 0 aliphatic heterocycles. The fourth-order valence-corrected chi connectivity index (χ4v) is 3.81. The maximum absolute atomic E-state index is 10.4. The van der Waals surface area contributed by atoms with Gasteiger partial charge >= 0.3 is 0 Å². The lowest BCUT2D eigenvalue weighted by Gasteiger charge is -2.13. The molecule has 0 spiro atoms. The highest BCUT2D eigenvalue weighted by Gasteiger charge is 2.11. The minimum Gasteiger partial charge on any atom is -0.504 e. The number of benzene rings is 3. The summed E-state index contributed by atoms with van der Waals surface area (Å²) in [7, 11) is 1.88. The van der Waals surface area contributed by atoms with Gasteiger partial charge in [-0.15, -0.1) is 0 Å². The number of hydrogen-bond donors (Lipinski definition) is 1. The van der Waals surface area contributed by atoms with Gasteiger partial charge in [0.2, 0.25) is 0 Å². The molecule has 3 aromatic carbocycles. The van der Waals surface area contributed by atoms with Crippen LogP contribution in [0.5, 0.6) is 11.5 Å². The van der Waals surface area contributed by atoms with E-state index in [1.807, 2.05) is 54.7 Å². The number of aromatic hydroxyl groups is 1. The Balaban J connectivity index is 1.96. The van der Waals surface area contributed by atoms with Crippen LogP contribution >= 0.6 is 8.58 Å². The zero-order chi connectivity index (χ0) is 17.6. The van der Waals surface area contributed by atoms with Gasteiger partial charge in [0.15, 0.2) is 11.5 Å². The largest absolute Gasteiger partial charge is 0.504 e. The summed E-state index contributed by atoms with van der Waals surface area (Å²) in [5.74, 6) is 0.704. The third kappa shape index (κ3) is 4.07. The van der Waals surface area contributed by atoms with Crippen molar-refractivity contribution in [2.24, 2.45) is 4.99 Å². The Kier molecular flexibility index (Phi) is 5.47. The molecule has 1 unspecified atom stereocenters. The molecule has 0 saturated heterocycles. The predicted molar refractivity (Wildman–Crippen MR) is 107 cm³/mol. The number of hydrogen-bond acceptors (Lipinski definition) is 3. The van der Waals surface area contributed by atoms with Gasteiger partial charge in [-0.1, -0.05) is 57.1 Å². The molecule has 126 valence electrons. The number of aliphatic imine (C=N–C) groups is 1. The van der Waals surface area contributed by atoms with Crippen LogP contribution in [-0.2, 0) is 0 Å². The molecule has 4 heteroatoms. The number of nitrogens with zero attached hydrogens (tertiary/aromatic N) is 1. The summed E-state index contributed by atoms with van der Waals surface area (Å²) in [5.41, 5.74) is 3.16. The monoisotopic (exact) mass is 349 g/mol. The second-order valence-corrected chi connectivity index (χ2v) is 6.90. The molecule has 3 nitrogen and oxygen atoms in total. The molecule has 0 aliphatic carbocycles. The Labute approximate surface area is 149 Å². The van der Waals surface area contributed by atoms with E-state index in [0.717, 1.165) is 16.6 Å². The van der Waals surface area contributed by atoms with E-state index in [4.69, 9.17) is 4.74 Å². The van der Waals surface area contributed by atoms with Gasteiger partial charge in [-0.2, -0.15) is 0 Å². The second-order valence-electron chi connectivity index (χ2n) is 5.61. The fraction of sp³-hybridized carbons (Fsp3) is 0.0952. The van der Waals surface area contributed by atoms with Crippen molar-refractivity contribution in [2.45, 2.75) is 6.92 Å². The van der Waals surface area contributed by atoms with Crippen molar-refractivity contribution >= 4 is 31.1 Å². The predicted octanol–water partition coefficient (Wildman–Crippen LogP) is 4.09. The average Bonchev–Trinajstić information content (AvgIpc) is 2.64. The molecule has 0 fully saturated rings. The highest BCUT2D eigenvalue weighted by molar-refractivity contribution is 7.56. The van der Waals surface area contributed by atoms with Gasteiger partial charge in [-0.25, -0.2) is 0 Å². The number of rotatable bonds is 5. The van der Waals surface area contributed by atoms with E-state index in [0.29, 0.717) is 14.3 Å². The van der Waals surface area contributed by atoms with Gasteiger partial charge in [0.1, 0.15) is 0 Å². The zero-order valence-electron chi connectivity index (χ0n) is 14.2. The van der Waals surface area contributed by atoms with Crippen molar-refractivity contribution < 1.29 is 9.84 Å². The lowest BCUT2D eigenvalue weighted by Crippen LogP contribution is -2.12. The smallest absolute Gasteiger partial charge is 0.165 e. The summed E-state index contributed by atoms with van der Waals surface area (Å²) in [4.78, 5) is 4.57. The van der Waals surface area contributed by atoms with Gasteiger partial charge < -0.3 is 9.84 Å². The van der Waals surface area contributed by atoms with E-state index in [9.17, 15) is 5.11 Å². The molecular formula is C21H20NO2P. The second kappa shape index (κ2) is 7.96. The molecule has 3 aromatic rings. The van der Waals surface area contributed by atoms with Crippen LogP contribution in [-0.4, -0.2) is 18.4 Å². The highest BCUT2D eigenvalue weighted by Crippen LogP contribution is 2.29. The molecule has 0 bridgehead atoms. The summed E-state index contributed by atoms with van der Waals surface area (Å²) in [6.07, 6.45) is 1.89. The summed E-state index contributed by atoms with van der Waals surface area (Å²) >= 11 is 0. The van der Waals surface area contributed by atoms with Gasteiger partial charge in [-0.3, -0.25) is 4.99 Å². The molecule has 0 radical (unpaired) electrons. The van der Waals surface area contributed by atoms with Crippen molar-refractivity contribution in [1.82, 2.24) is 0 Å². The molecule has 0 aliphatic rings. The molecule has 0 aromatic heterocycles. The van der Waals surface area contributed by atoms with E-state index in [1.54, 1.807) is 13.2 Å². The maximum Gasteiger partial charge on any atom is 0.165 e. The van der Waals surface area contributed by atoms with Crippen molar-refractivity contribution in [1.29, 1.82) is 0 Å². The van der Waals surface area contributed by atoms with E-state index >= 15 is 0 Å². The molecule has 0 saturated carbocycles.